The maximum Gasteiger partial charge on any atom is 0.193 e. The first-order chi connectivity index (χ1) is 10.3. The Bertz CT molecular complexity index is 385. The Morgan fingerprint density at radius 3 is 2.82 bits per heavy atom. The molecule has 0 aliphatic heterocycles. The molecule has 0 fully saturated rings. The fourth-order valence-corrected chi connectivity index (χ4v) is 2.73. The summed E-state index contributed by atoms with van der Waals surface area (Å²) in [4.78, 5) is 8.35. The standard InChI is InChI=1S/C16H29N3OS.HI/c1-4-17-16(18-11-6-5-7-13-20-3)19(2)12-10-15-9-8-14-21-15;/h8-9,14H,4-7,10-13H2,1-3H3,(H,17,18);1H. The molecular weight excluding hydrogens is 409 g/mol. The van der Waals surface area contributed by atoms with E-state index >= 15 is 0 Å². The van der Waals surface area contributed by atoms with Crippen LogP contribution in [-0.2, 0) is 11.2 Å². The van der Waals surface area contributed by atoms with Crippen LogP contribution in [0.15, 0.2) is 22.5 Å². The summed E-state index contributed by atoms with van der Waals surface area (Å²) in [6.07, 6.45) is 4.50. The van der Waals surface area contributed by atoms with Crippen LogP contribution < -0.4 is 5.32 Å². The lowest BCUT2D eigenvalue weighted by Gasteiger charge is -2.21. The number of nitrogens with one attached hydrogen (secondary N) is 1. The van der Waals surface area contributed by atoms with Gasteiger partial charge >= 0.3 is 0 Å². The number of guanidine groups is 1. The van der Waals surface area contributed by atoms with Gasteiger partial charge in [0.15, 0.2) is 5.96 Å². The van der Waals surface area contributed by atoms with Gasteiger partial charge in [-0.1, -0.05) is 6.07 Å². The number of likely N-dealkylation sites (N-methyl/N-ethyl adjacent to an activating group) is 1. The van der Waals surface area contributed by atoms with Gasteiger partial charge in [-0.3, -0.25) is 4.99 Å². The van der Waals surface area contributed by atoms with E-state index < -0.39 is 0 Å². The van der Waals surface area contributed by atoms with E-state index in [9.17, 15) is 0 Å². The van der Waals surface area contributed by atoms with Crippen molar-refractivity contribution in [2.24, 2.45) is 4.99 Å². The summed E-state index contributed by atoms with van der Waals surface area (Å²) in [7, 11) is 3.87. The molecular formula is C16H30IN3OS. The zero-order valence-electron chi connectivity index (χ0n) is 14.0. The zero-order valence-corrected chi connectivity index (χ0v) is 17.2. The van der Waals surface area contributed by atoms with Crippen molar-refractivity contribution in [1.82, 2.24) is 10.2 Å². The number of ether oxygens (including phenoxy) is 1. The third-order valence-electron chi connectivity index (χ3n) is 3.24. The molecule has 1 heterocycles. The Morgan fingerprint density at radius 2 is 2.18 bits per heavy atom. The van der Waals surface area contributed by atoms with Crippen LogP contribution in [0.5, 0.6) is 0 Å². The molecule has 0 bridgehead atoms. The lowest BCUT2D eigenvalue weighted by atomic mass is 10.2. The summed E-state index contributed by atoms with van der Waals surface area (Å²) in [5.41, 5.74) is 0. The third kappa shape index (κ3) is 9.63. The molecule has 0 saturated heterocycles. The Labute approximate surface area is 156 Å². The number of thiophene rings is 1. The number of methoxy groups -OCH3 is 1. The van der Waals surface area contributed by atoms with Crippen molar-refractivity contribution in [2.75, 3.05) is 40.4 Å². The molecule has 0 saturated carbocycles. The number of nitrogens with zero attached hydrogens (tertiary/aromatic N) is 2. The van der Waals surface area contributed by atoms with Gasteiger partial charge in [0.1, 0.15) is 0 Å². The van der Waals surface area contributed by atoms with Crippen LogP contribution in [0.25, 0.3) is 0 Å². The van der Waals surface area contributed by atoms with Crippen molar-refractivity contribution >= 4 is 41.3 Å². The lowest BCUT2D eigenvalue weighted by Crippen LogP contribution is -2.40. The quantitative estimate of drug-likeness (QED) is 0.262. The predicted molar refractivity (Wildman–Crippen MR) is 108 cm³/mol. The molecule has 0 aliphatic rings. The van der Waals surface area contributed by atoms with Gasteiger partial charge in [-0.25, -0.2) is 0 Å². The molecule has 0 amide bonds. The summed E-state index contributed by atoms with van der Waals surface area (Å²) in [5, 5.41) is 5.50. The van der Waals surface area contributed by atoms with Gasteiger partial charge in [0.2, 0.25) is 0 Å². The SMILES string of the molecule is CCNC(=NCCCCCOC)N(C)CCc1cccs1.I. The Morgan fingerprint density at radius 1 is 1.36 bits per heavy atom. The second kappa shape index (κ2) is 14.3. The van der Waals surface area contributed by atoms with Crippen molar-refractivity contribution in [3.05, 3.63) is 22.4 Å². The number of aliphatic imine (C=N–C) groups is 1. The largest absolute Gasteiger partial charge is 0.385 e. The number of rotatable bonds is 10. The highest BCUT2D eigenvalue weighted by Gasteiger charge is 2.05. The lowest BCUT2D eigenvalue weighted by molar-refractivity contribution is 0.192. The van der Waals surface area contributed by atoms with Crippen LogP contribution >= 0.6 is 35.3 Å². The molecule has 0 atom stereocenters. The number of hydrogen-bond donors (Lipinski definition) is 1. The first-order valence-corrected chi connectivity index (χ1v) is 8.66. The monoisotopic (exact) mass is 439 g/mol. The second-order valence-electron chi connectivity index (χ2n) is 5.04. The topological polar surface area (TPSA) is 36.9 Å². The van der Waals surface area contributed by atoms with Gasteiger partial charge in [0, 0.05) is 45.3 Å². The highest BCUT2D eigenvalue weighted by Crippen LogP contribution is 2.09. The van der Waals surface area contributed by atoms with Gasteiger partial charge in [-0.05, 0) is 44.1 Å². The molecule has 0 unspecified atom stereocenters. The molecule has 128 valence electrons. The first-order valence-electron chi connectivity index (χ1n) is 7.78. The van der Waals surface area contributed by atoms with E-state index in [0.29, 0.717) is 0 Å². The van der Waals surface area contributed by atoms with E-state index in [1.54, 1.807) is 7.11 Å². The van der Waals surface area contributed by atoms with Crippen LogP contribution in [0, 0.1) is 0 Å². The van der Waals surface area contributed by atoms with Crippen molar-refractivity contribution in [1.29, 1.82) is 0 Å². The minimum Gasteiger partial charge on any atom is -0.385 e. The second-order valence-corrected chi connectivity index (χ2v) is 6.07. The molecule has 1 rings (SSSR count). The van der Waals surface area contributed by atoms with Gasteiger partial charge in [-0.2, -0.15) is 0 Å². The van der Waals surface area contributed by atoms with Crippen molar-refractivity contribution < 1.29 is 4.74 Å². The Hall–Kier alpha value is -0.340. The summed E-state index contributed by atoms with van der Waals surface area (Å²) >= 11 is 1.82. The highest BCUT2D eigenvalue weighted by molar-refractivity contribution is 14.0. The molecule has 0 radical (unpaired) electrons. The fraction of sp³-hybridized carbons (Fsp3) is 0.688. The number of hydrogen-bond acceptors (Lipinski definition) is 3. The van der Waals surface area contributed by atoms with Crippen molar-refractivity contribution in [2.45, 2.75) is 32.6 Å². The minimum absolute atomic E-state index is 0. The Kier molecular flexibility index (Phi) is 14.0. The van der Waals surface area contributed by atoms with Crippen LogP contribution in [0.4, 0.5) is 0 Å². The van der Waals surface area contributed by atoms with E-state index in [2.05, 4.69) is 41.7 Å². The Balaban J connectivity index is 0.00000441. The molecule has 1 aromatic heterocycles. The van der Waals surface area contributed by atoms with Gasteiger partial charge in [0.05, 0.1) is 0 Å². The van der Waals surface area contributed by atoms with E-state index in [1.807, 2.05) is 11.3 Å². The van der Waals surface area contributed by atoms with Crippen LogP contribution in [0.2, 0.25) is 0 Å². The van der Waals surface area contributed by atoms with E-state index in [0.717, 1.165) is 51.5 Å². The molecule has 0 aliphatic carbocycles. The molecule has 0 spiro atoms. The maximum atomic E-state index is 5.06. The third-order valence-corrected chi connectivity index (χ3v) is 4.17. The van der Waals surface area contributed by atoms with Crippen LogP contribution in [0.1, 0.15) is 31.1 Å². The predicted octanol–water partition coefficient (Wildman–Crippen LogP) is 3.62. The average Bonchev–Trinajstić information content (AvgIpc) is 3.00. The molecule has 1 aromatic rings. The molecule has 22 heavy (non-hydrogen) atoms. The average molecular weight is 439 g/mol. The number of unbranched alkanes of at least 4 members (excludes halogenated alkanes) is 2. The van der Waals surface area contributed by atoms with Gasteiger partial charge in [0.25, 0.3) is 0 Å². The first kappa shape index (κ1) is 21.7. The highest BCUT2D eigenvalue weighted by atomic mass is 127. The molecule has 4 nitrogen and oxygen atoms in total. The van der Waals surface area contributed by atoms with E-state index in [-0.39, 0.29) is 24.0 Å². The zero-order chi connectivity index (χ0) is 15.3. The molecule has 1 N–H and O–H groups in total. The van der Waals surface area contributed by atoms with Crippen LogP contribution in [-0.4, -0.2) is 51.3 Å². The van der Waals surface area contributed by atoms with Gasteiger partial charge < -0.3 is 15.0 Å². The van der Waals surface area contributed by atoms with Crippen LogP contribution in [0.3, 0.4) is 0 Å². The minimum atomic E-state index is 0. The van der Waals surface area contributed by atoms with E-state index in [4.69, 9.17) is 9.73 Å². The summed E-state index contributed by atoms with van der Waals surface area (Å²) < 4.78 is 5.06. The van der Waals surface area contributed by atoms with Crippen molar-refractivity contribution in [3.63, 3.8) is 0 Å². The summed E-state index contributed by atoms with van der Waals surface area (Å²) in [6.45, 7) is 5.75. The summed E-state index contributed by atoms with van der Waals surface area (Å²) in [6, 6.07) is 4.30. The van der Waals surface area contributed by atoms with Crippen molar-refractivity contribution in [3.8, 4) is 0 Å². The normalized spacial score (nSPS) is 11.1. The maximum absolute atomic E-state index is 5.06. The fourth-order valence-electron chi connectivity index (χ4n) is 2.03. The molecule has 6 heteroatoms. The smallest absolute Gasteiger partial charge is 0.193 e. The number of halogens is 1. The molecule has 0 aromatic carbocycles. The van der Waals surface area contributed by atoms with Gasteiger partial charge in [-0.15, -0.1) is 35.3 Å². The summed E-state index contributed by atoms with van der Waals surface area (Å²) in [5.74, 6) is 1.01. The van der Waals surface area contributed by atoms with E-state index in [1.165, 1.54) is 11.3 Å².